The Balaban J connectivity index is 1.69. The zero-order valence-corrected chi connectivity index (χ0v) is 13.2. The Bertz CT molecular complexity index is 749. The van der Waals surface area contributed by atoms with Gasteiger partial charge in [0, 0.05) is 13.1 Å². The number of aromatic nitrogens is 2. The summed E-state index contributed by atoms with van der Waals surface area (Å²) in [6, 6.07) is 6.44. The highest BCUT2D eigenvalue weighted by atomic mass is 32.2. The molecule has 1 aromatic carbocycles. The summed E-state index contributed by atoms with van der Waals surface area (Å²) in [5.74, 6) is 1.68. The van der Waals surface area contributed by atoms with Gasteiger partial charge >= 0.3 is 0 Å². The molecule has 0 bridgehead atoms. The molecule has 0 aliphatic carbocycles. The van der Waals surface area contributed by atoms with Crippen molar-refractivity contribution in [2.45, 2.75) is 24.7 Å². The number of sulfonamides is 1. The van der Waals surface area contributed by atoms with Gasteiger partial charge in [0.05, 0.1) is 17.4 Å². The maximum atomic E-state index is 12.5. The molecular weight excluding hydrogens is 306 g/mol. The largest absolute Gasteiger partial charge is 0.494 e. The van der Waals surface area contributed by atoms with Crippen molar-refractivity contribution in [1.29, 1.82) is 0 Å². The zero-order valence-electron chi connectivity index (χ0n) is 12.4. The van der Waals surface area contributed by atoms with Gasteiger partial charge in [-0.15, -0.1) is 0 Å². The van der Waals surface area contributed by atoms with Crippen LogP contribution in [-0.2, 0) is 10.0 Å². The Kier molecular flexibility index (Phi) is 3.88. The van der Waals surface area contributed by atoms with Crippen LogP contribution in [0.15, 0.2) is 33.7 Å². The topological polar surface area (TPSA) is 85.5 Å². The van der Waals surface area contributed by atoms with Crippen molar-refractivity contribution < 1.29 is 17.7 Å². The number of aryl methyl sites for hydroxylation is 1. The van der Waals surface area contributed by atoms with E-state index in [4.69, 9.17) is 9.26 Å². The molecule has 0 radical (unpaired) electrons. The highest BCUT2D eigenvalue weighted by molar-refractivity contribution is 7.89. The molecule has 118 valence electrons. The first kappa shape index (κ1) is 15.0. The number of hydrogen-bond donors (Lipinski definition) is 0. The summed E-state index contributed by atoms with van der Waals surface area (Å²) in [6.07, 6.45) is 0. The summed E-state index contributed by atoms with van der Waals surface area (Å²) in [5.41, 5.74) is 0. The van der Waals surface area contributed by atoms with Crippen LogP contribution < -0.4 is 4.74 Å². The van der Waals surface area contributed by atoms with Crippen LogP contribution in [0.1, 0.15) is 24.6 Å². The fourth-order valence-corrected chi connectivity index (χ4v) is 3.82. The predicted octanol–water partition coefficient (Wildman–Crippen LogP) is 1.56. The molecule has 3 rings (SSSR count). The molecule has 2 aromatic rings. The Morgan fingerprint density at radius 1 is 1.32 bits per heavy atom. The average molecular weight is 323 g/mol. The first-order chi connectivity index (χ1) is 10.5. The van der Waals surface area contributed by atoms with Gasteiger partial charge in [-0.2, -0.15) is 9.29 Å². The van der Waals surface area contributed by atoms with Gasteiger partial charge in [0.15, 0.2) is 5.82 Å². The summed E-state index contributed by atoms with van der Waals surface area (Å²) < 4.78 is 36.8. The van der Waals surface area contributed by atoms with Crippen LogP contribution in [0.25, 0.3) is 0 Å². The molecular formula is C14H17N3O4S. The third kappa shape index (κ3) is 2.71. The van der Waals surface area contributed by atoms with Crippen LogP contribution in [0.3, 0.4) is 0 Å². The molecule has 0 amide bonds. The van der Waals surface area contributed by atoms with E-state index in [1.807, 2.05) is 6.92 Å². The fourth-order valence-electron chi connectivity index (χ4n) is 2.29. The summed E-state index contributed by atoms with van der Waals surface area (Å²) >= 11 is 0. The number of hydrogen-bond acceptors (Lipinski definition) is 6. The third-order valence-corrected chi connectivity index (χ3v) is 5.36. The molecule has 1 aromatic heterocycles. The lowest BCUT2D eigenvalue weighted by Gasteiger charge is -2.35. The molecule has 2 heterocycles. The van der Waals surface area contributed by atoms with E-state index < -0.39 is 10.0 Å². The Labute approximate surface area is 128 Å². The lowest BCUT2D eigenvalue weighted by atomic mass is 10.0. The quantitative estimate of drug-likeness (QED) is 0.830. The van der Waals surface area contributed by atoms with Gasteiger partial charge in [0.2, 0.25) is 15.9 Å². The number of ether oxygens (including phenoxy) is 1. The van der Waals surface area contributed by atoms with Gasteiger partial charge in [-0.25, -0.2) is 8.42 Å². The minimum Gasteiger partial charge on any atom is -0.494 e. The van der Waals surface area contributed by atoms with E-state index >= 15 is 0 Å². The van der Waals surface area contributed by atoms with Gasteiger partial charge < -0.3 is 9.26 Å². The highest BCUT2D eigenvalue weighted by Gasteiger charge is 2.40. The number of benzene rings is 1. The lowest BCUT2D eigenvalue weighted by molar-refractivity contribution is 0.216. The molecule has 1 fully saturated rings. The monoisotopic (exact) mass is 323 g/mol. The molecule has 22 heavy (non-hydrogen) atoms. The van der Waals surface area contributed by atoms with Gasteiger partial charge in [-0.05, 0) is 38.1 Å². The first-order valence-electron chi connectivity index (χ1n) is 7.04. The van der Waals surface area contributed by atoms with Crippen molar-refractivity contribution >= 4 is 10.0 Å². The number of nitrogens with zero attached hydrogens (tertiary/aromatic N) is 3. The Morgan fingerprint density at radius 2 is 2.00 bits per heavy atom. The van der Waals surface area contributed by atoms with Crippen LogP contribution in [0, 0.1) is 6.92 Å². The van der Waals surface area contributed by atoms with Crippen molar-refractivity contribution in [2.75, 3.05) is 19.7 Å². The standard InChI is InChI=1S/C14H17N3O4S/c1-3-20-12-4-6-13(7-5-12)22(18,19)17-8-11(9-17)14-15-10(2)16-21-14/h4-7,11H,3,8-9H2,1-2H3. The second kappa shape index (κ2) is 5.69. The minimum absolute atomic E-state index is 0.0290. The maximum absolute atomic E-state index is 12.5. The van der Waals surface area contributed by atoms with E-state index in [1.54, 1.807) is 31.2 Å². The van der Waals surface area contributed by atoms with Crippen LogP contribution in [-0.4, -0.2) is 42.6 Å². The zero-order chi connectivity index (χ0) is 15.7. The summed E-state index contributed by atoms with van der Waals surface area (Å²) in [6.45, 7) is 4.88. The van der Waals surface area contributed by atoms with Gasteiger partial charge in [-0.3, -0.25) is 0 Å². The maximum Gasteiger partial charge on any atom is 0.243 e. The smallest absolute Gasteiger partial charge is 0.243 e. The molecule has 1 aliphatic heterocycles. The second-order valence-electron chi connectivity index (χ2n) is 5.10. The molecule has 0 spiro atoms. The molecule has 0 saturated carbocycles. The predicted molar refractivity (Wildman–Crippen MR) is 78.1 cm³/mol. The van der Waals surface area contributed by atoms with Crippen molar-refractivity contribution in [3.05, 3.63) is 36.0 Å². The van der Waals surface area contributed by atoms with Gasteiger partial charge in [0.25, 0.3) is 0 Å². The van der Waals surface area contributed by atoms with E-state index in [-0.39, 0.29) is 10.8 Å². The Morgan fingerprint density at radius 3 is 2.55 bits per heavy atom. The van der Waals surface area contributed by atoms with Crippen LogP contribution in [0.4, 0.5) is 0 Å². The molecule has 1 aliphatic rings. The molecule has 0 unspecified atom stereocenters. The number of rotatable bonds is 5. The van der Waals surface area contributed by atoms with Crippen molar-refractivity contribution in [1.82, 2.24) is 14.4 Å². The van der Waals surface area contributed by atoms with Crippen molar-refractivity contribution in [3.8, 4) is 5.75 Å². The molecule has 7 nitrogen and oxygen atoms in total. The highest BCUT2D eigenvalue weighted by Crippen LogP contribution is 2.31. The summed E-state index contributed by atoms with van der Waals surface area (Å²) in [5, 5.41) is 3.72. The second-order valence-corrected chi connectivity index (χ2v) is 7.04. The summed E-state index contributed by atoms with van der Waals surface area (Å²) in [4.78, 5) is 4.40. The van der Waals surface area contributed by atoms with Gasteiger partial charge in [-0.1, -0.05) is 5.16 Å². The van der Waals surface area contributed by atoms with E-state index in [1.165, 1.54) is 4.31 Å². The average Bonchev–Trinajstić information content (AvgIpc) is 2.84. The molecule has 0 N–H and O–H groups in total. The molecule has 8 heteroatoms. The van der Waals surface area contributed by atoms with E-state index in [0.29, 0.717) is 37.2 Å². The van der Waals surface area contributed by atoms with Gasteiger partial charge in [0.1, 0.15) is 5.75 Å². The minimum atomic E-state index is -3.48. The Hall–Kier alpha value is -1.93. The van der Waals surface area contributed by atoms with E-state index in [2.05, 4.69) is 10.1 Å². The van der Waals surface area contributed by atoms with Crippen LogP contribution in [0.5, 0.6) is 5.75 Å². The van der Waals surface area contributed by atoms with Crippen molar-refractivity contribution in [2.24, 2.45) is 0 Å². The SMILES string of the molecule is CCOc1ccc(S(=O)(=O)N2CC(c3nc(C)no3)C2)cc1. The molecule has 0 atom stereocenters. The summed E-state index contributed by atoms with van der Waals surface area (Å²) in [7, 11) is -3.48. The fraction of sp³-hybridized carbons (Fsp3) is 0.429. The van der Waals surface area contributed by atoms with Crippen molar-refractivity contribution in [3.63, 3.8) is 0 Å². The van der Waals surface area contributed by atoms with Crippen LogP contribution >= 0.6 is 0 Å². The van der Waals surface area contributed by atoms with Crippen LogP contribution in [0.2, 0.25) is 0 Å². The molecule has 1 saturated heterocycles. The van der Waals surface area contributed by atoms with E-state index in [0.717, 1.165) is 0 Å². The van der Waals surface area contributed by atoms with E-state index in [9.17, 15) is 8.42 Å². The lowest BCUT2D eigenvalue weighted by Crippen LogP contribution is -2.48. The third-order valence-electron chi connectivity index (χ3n) is 3.51. The first-order valence-corrected chi connectivity index (χ1v) is 8.48. The normalized spacial score (nSPS) is 16.5.